The van der Waals surface area contributed by atoms with Gasteiger partial charge in [0.25, 0.3) is 0 Å². The lowest BCUT2D eigenvalue weighted by molar-refractivity contribution is -0.196. The van der Waals surface area contributed by atoms with E-state index in [2.05, 4.69) is 0 Å². The molecule has 4 atom stereocenters. The average Bonchev–Trinajstić information content (AvgIpc) is 3.16. The highest BCUT2D eigenvalue weighted by Crippen LogP contribution is 2.40. The van der Waals surface area contributed by atoms with E-state index in [1.54, 1.807) is 0 Å². The molecule has 2 fully saturated rings. The molecule has 0 N–H and O–H groups in total. The summed E-state index contributed by atoms with van der Waals surface area (Å²) in [4.78, 5) is 36.8. The summed E-state index contributed by atoms with van der Waals surface area (Å²) in [6, 6.07) is 0. The molecule has 6 nitrogen and oxygen atoms in total. The molecular weight excluding hydrogens is 494 g/mol. The molecule has 1 saturated heterocycles. The fourth-order valence-electron chi connectivity index (χ4n) is 5.37. The minimum atomic E-state index is -3.31. The number of esters is 1. The van der Waals surface area contributed by atoms with Crippen molar-refractivity contribution in [3.63, 3.8) is 0 Å². The summed E-state index contributed by atoms with van der Waals surface area (Å²) in [7, 11) is 0. The van der Waals surface area contributed by atoms with Crippen molar-refractivity contribution in [1.82, 2.24) is 0 Å². The lowest BCUT2D eigenvalue weighted by Crippen LogP contribution is -2.33. The number of allylic oxidation sites excluding steroid dienone is 1. The van der Waals surface area contributed by atoms with E-state index in [1.807, 2.05) is 26.8 Å². The molecule has 1 unspecified atom stereocenters. The number of carbonyl (C=O) groups excluding carboxylic acids is 3. The first kappa shape index (κ1) is 32.5. The molecule has 1 saturated carbocycles. The third kappa shape index (κ3) is 11.6. The van der Waals surface area contributed by atoms with Crippen LogP contribution in [0.1, 0.15) is 117 Å². The lowest BCUT2D eigenvalue weighted by Gasteiger charge is -2.30. The summed E-state index contributed by atoms with van der Waals surface area (Å²) in [6.07, 6.45) is 11.0. The van der Waals surface area contributed by atoms with Crippen LogP contribution >= 0.6 is 0 Å². The van der Waals surface area contributed by atoms with Crippen LogP contribution in [0.25, 0.3) is 0 Å². The Morgan fingerprint density at radius 2 is 1.87 bits per heavy atom. The Bertz CT molecular complexity index is 760. The smallest absolute Gasteiger partial charge is 0.330 e. The van der Waals surface area contributed by atoms with Crippen molar-refractivity contribution in [2.75, 3.05) is 6.61 Å². The van der Waals surface area contributed by atoms with E-state index in [9.17, 15) is 23.2 Å². The third-order valence-corrected chi connectivity index (χ3v) is 7.47. The number of hydrogen-bond acceptors (Lipinski definition) is 6. The number of hydrogen-bond donors (Lipinski definition) is 0. The Labute approximate surface area is 227 Å². The number of rotatable bonds is 18. The van der Waals surface area contributed by atoms with E-state index in [0.717, 1.165) is 51.4 Å². The highest BCUT2D eigenvalue weighted by atomic mass is 19.3. The molecule has 2 aliphatic rings. The van der Waals surface area contributed by atoms with Gasteiger partial charge in [0, 0.05) is 37.9 Å². The number of ketones is 2. The first-order valence-corrected chi connectivity index (χ1v) is 14.7. The van der Waals surface area contributed by atoms with Crippen molar-refractivity contribution in [3.05, 3.63) is 12.2 Å². The summed E-state index contributed by atoms with van der Waals surface area (Å²) in [6.45, 7) is 6.06. The van der Waals surface area contributed by atoms with Gasteiger partial charge in [-0.1, -0.05) is 38.7 Å². The van der Waals surface area contributed by atoms with Gasteiger partial charge in [-0.15, -0.1) is 0 Å². The van der Waals surface area contributed by atoms with Gasteiger partial charge in [-0.05, 0) is 71.1 Å². The Hall–Kier alpha value is -1.67. The Kier molecular flexibility index (Phi) is 14.7. The lowest BCUT2D eigenvalue weighted by atomic mass is 9.84. The fraction of sp³-hybridized carbons (Fsp3) is 0.833. The second-order valence-electron chi connectivity index (χ2n) is 11.1. The van der Waals surface area contributed by atoms with Crippen molar-refractivity contribution in [1.29, 1.82) is 0 Å². The number of ether oxygens (including phenoxy) is 3. The Morgan fingerprint density at radius 3 is 2.55 bits per heavy atom. The van der Waals surface area contributed by atoms with Gasteiger partial charge in [0.2, 0.25) is 5.78 Å². The van der Waals surface area contributed by atoms with Crippen LogP contribution < -0.4 is 0 Å². The maximum atomic E-state index is 14.3. The normalized spacial score (nSPS) is 24.4. The van der Waals surface area contributed by atoms with Crippen LogP contribution in [0.2, 0.25) is 0 Å². The summed E-state index contributed by atoms with van der Waals surface area (Å²) in [5.41, 5.74) is 0. The topological polar surface area (TPSA) is 78.9 Å². The van der Waals surface area contributed by atoms with Crippen molar-refractivity contribution >= 4 is 17.5 Å². The average molecular weight is 543 g/mol. The monoisotopic (exact) mass is 542 g/mol. The molecule has 0 aromatic rings. The minimum Gasteiger partial charge on any atom is -0.460 e. The zero-order valence-electron chi connectivity index (χ0n) is 23.6. The number of unbranched alkanes of at least 4 members (excludes halogenated alkanes) is 5. The van der Waals surface area contributed by atoms with Crippen LogP contribution in [0.4, 0.5) is 8.78 Å². The van der Waals surface area contributed by atoms with Crippen LogP contribution in [0.5, 0.6) is 0 Å². The van der Waals surface area contributed by atoms with Crippen molar-refractivity contribution < 1.29 is 37.4 Å². The molecule has 0 amide bonds. The fourth-order valence-corrected chi connectivity index (χ4v) is 5.37. The summed E-state index contributed by atoms with van der Waals surface area (Å²) in [5, 5.41) is 0. The number of alkyl halides is 2. The van der Waals surface area contributed by atoms with E-state index < -0.39 is 18.1 Å². The SMILES string of the molecule is CCCCC(F)(F)C(=O)CC[C@H]1[C@H](OC2CCCCO2)CC(=O)[C@@H]1CCCCCCC=CC(=O)OC(C)C. The quantitative estimate of drug-likeness (QED) is 0.104. The molecule has 0 spiro atoms. The van der Waals surface area contributed by atoms with Gasteiger partial charge in [0.15, 0.2) is 6.29 Å². The van der Waals surface area contributed by atoms with Gasteiger partial charge in [0.1, 0.15) is 5.78 Å². The first-order chi connectivity index (χ1) is 18.1. The molecule has 8 heteroatoms. The van der Waals surface area contributed by atoms with Crippen molar-refractivity contribution in [3.8, 4) is 0 Å². The van der Waals surface area contributed by atoms with Crippen molar-refractivity contribution in [2.24, 2.45) is 11.8 Å². The van der Waals surface area contributed by atoms with Gasteiger partial charge in [0.05, 0.1) is 12.2 Å². The van der Waals surface area contributed by atoms with Gasteiger partial charge in [-0.3, -0.25) is 9.59 Å². The molecule has 38 heavy (non-hydrogen) atoms. The van der Waals surface area contributed by atoms with E-state index in [0.29, 0.717) is 25.9 Å². The minimum absolute atomic E-state index is 0.104. The second kappa shape index (κ2) is 17.1. The predicted molar refractivity (Wildman–Crippen MR) is 142 cm³/mol. The van der Waals surface area contributed by atoms with Crippen LogP contribution in [0.15, 0.2) is 12.2 Å². The maximum Gasteiger partial charge on any atom is 0.330 e. The van der Waals surface area contributed by atoms with Crippen LogP contribution in [-0.4, -0.2) is 48.6 Å². The van der Waals surface area contributed by atoms with E-state index in [1.165, 1.54) is 6.08 Å². The van der Waals surface area contributed by atoms with Crippen LogP contribution in [0, 0.1) is 11.8 Å². The zero-order valence-corrected chi connectivity index (χ0v) is 23.6. The molecule has 0 bridgehead atoms. The van der Waals surface area contributed by atoms with E-state index >= 15 is 0 Å². The molecule has 0 aromatic carbocycles. The standard InChI is InChI=1S/C30H48F2O6/c1-4-5-19-30(31,32)27(34)18-17-24-23(25(33)21-26(24)38-29-16-12-13-20-36-29)14-10-8-6-7-9-11-15-28(35)37-22(2)3/h11,15,22-24,26,29H,4-10,12-14,16-21H2,1-3H3/t23-,24-,26-,29?/m1/s1. The Morgan fingerprint density at radius 1 is 1.11 bits per heavy atom. The maximum absolute atomic E-state index is 14.3. The van der Waals surface area contributed by atoms with E-state index in [4.69, 9.17) is 14.2 Å². The molecule has 1 aliphatic carbocycles. The largest absolute Gasteiger partial charge is 0.460 e. The Balaban J connectivity index is 1.86. The molecule has 218 valence electrons. The first-order valence-electron chi connectivity index (χ1n) is 14.7. The number of carbonyl (C=O) groups is 3. The highest BCUT2D eigenvalue weighted by Gasteiger charge is 2.45. The van der Waals surface area contributed by atoms with Gasteiger partial charge in [-0.2, -0.15) is 8.78 Å². The predicted octanol–water partition coefficient (Wildman–Crippen LogP) is 7.13. The van der Waals surface area contributed by atoms with E-state index in [-0.39, 0.29) is 61.3 Å². The summed E-state index contributed by atoms with van der Waals surface area (Å²) < 4.78 is 45.5. The van der Waals surface area contributed by atoms with Gasteiger partial charge < -0.3 is 14.2 Å². The molecule has 0 radical (unpaired) electrons. The number of halogens is 2. The van der Waals surface area contributed by atoms with Gasteiger partial charge in [-0.25, -0.2) is 4.79 Å². The zero-order chi connectivity index (χ0) is 28.0. The van der Waals surface area contributed by atoms with Gasteiger partial charge >= 0.3 is 11.9 Å². The van der Waals surface area contributed by atoms with Crippen LogP contribution in [0.3, 0.4) is 0 Å². The molecular formula is C30H48F2O6. The van der Waals surface area contributed by atoms with Crippen molar-refractivity contribution in [2.45, 2.75) is 142 Å². The number of Topliss-reactive ketones (excluding diaryl/α,β-unsaturated/α-hetero) is 2. The van der Waals surface area contributed by atoms with Crippen LogP contribution in [-0.2, 0) is 28.6 Å². The molecule has 0 aromatic heterocycles. The summed E-state index contributed by atoms with van der Waals surface area (Å²) >= 11 is 0. The second-order valence-corrected chi connectivity index (χ2v) is 11.1. The molecule has 1 heterocycles. The third-order valence-electron chi connectivity index (χ3n) is 7.47. The highest BCUT2D eigenvalue weighted by molar-refractivity contribution is 5.86. The molecule has 2 rings (SSSR count). The summed E-state index contributed by atoms with van der Waals surface area (Å²) in [5.74, 6) is -5.07. The molecule has 1 aliphatic heterocycles.